The third kappa shape index (κ3) is 4.76. The molecule has 0 aromatic rings. The Balaban J connectivity index is 0. The number of carbonyl (C=O) groups is 1. The SMILES string of the molecule is COC(=O)C(C)S(=O)(=O)[O-].[Na+]. The minimum atomic E-state index is -4.54. The van der Waals surface area contributed by atoms with Crippen LogP contribution in [-0.4, -0.2) is 31.3 Å². The summed E-state index contributed by atoms with van der Waals surface area (Å²) in [6.45, 7) is 0.980. The Hall–Kier alpha value is 0.380. The van der Waals surface area contributed by atoms with E-state index in [0.717, 1.165) is 14.0 Å². The van der Waals surface area contributed by atoms with Gasteiger partial charge in [0, 0.05) is 0 Å². The van der Waals surface area contributed by atoms with Gasteiger partial charge in [-0.1, -0.05) is 0 Å². The molecule has 0 aromatic heterocycles. The molecule has 0 bridgehead atoms. The van der Waals surface area contributed by atoms with Gasteiger partial charge in [0.2, 0.25) is 0 Å². The van der Waals surface area contributed by atoms with Gasteiger partial charge in [0.05, 0.1) is 7.11 Å². The zero-order valence-corrected chi connectivity index (χ0v) is 9.34. The monoisotopic (exact) mass is 190 g/mol. The fourth-order valence-electron chi connectivity index (χ4n) is 0.284. The van der Waals surface area contributed by atoms with E-state index < -0.39 is 21.3 Å². The Kier molecular flexibility index (Phi) is 6.46. The third-order valence-electron chi connectivity index (χ3n) is 0.966. The van der Waals surface area contributed by atoms with Gasteiger partial charge in [-0.15, -0.1) is 0 Å². The Morgan fingerprint density at radius 1 is 1.55 bits per heavy atom. The first-order valence-corrected chi connectivity index (χ1v) is 3.89. The summed E-state index contributed by atoms with van der Waals surface area (Å²) < 4.78 is 34.2. The van der Waals surface area contributed by atoms with E-state index in [0.29, 0.717) is 0 Å². The minimum Gasteiger partial charge on any atom is -0.747 e. The third-order valence-corrected chi connectivity index (χ3v) is 2.02. The molecule has 0 radical (unpaired) electrons. The van der Waals surface area contributed by atoms with Crippen LogP contribution in [0.2, 0.25) is 0 Å². The summed E-state index contributed by atoms with van der Waals surface area (Å²) >= 11 is 0. The molecular formula is C4H7NaO5S. The van der Waals surface area contributed by atoms with Crippen molar-refractivity contribution in [3.8, 4) is 0 Å². The molecule has 0 aliphatic carbocycles. The number of ether oxygens (including phenoxy) is 1. The number of esters is 1. The zero-order valence-electron chi connectivity index (χ0n) is 6.53. The average molecular weight is 190 g/mol. The first kappa shape index (κ1) is 13.9. The van der Waals surface area contributed by atoms with Crippen LogP contribution in [0.3, 0.4) is 0 Å². The van der Waals surface area contributed by atoms with Crippen molar-refractivity contribution in [3.05, 3.63) is 0 Å². The summed E-state index contributed by atoms with van der Waals surface area (Å²) in [5, 5.41) is -1.61. The van der Waals surface area contributed by atoms with Crippen LogP contribution in [0.1, 0.15) is 6.92 Å². The van der Waals surface area contributed by atoms with Crippen molar-refractivity contribution in [1.82, 2.24) is 0 Å². The van der Waals surface area contributed by atoms with E-state index in [-0.39, 0.29) is 29.6 Å². The minimum absolute atomic E-state index is 0. The number of hydrogen-bond acceptors (Lipinski definition) is 5. The fourth-order valence-corrected chi connectivity index (χ4v) is 0.616. The van der Waals surface area contributed by atoms with Gasteiger partial charge in [-0.25, -0.2) is 8.42 Å². The number of carbonyl (C=O) groups excluding carboxylic acids is 1. The quantitative estimate of drug-likeness (QED) is 0.252. The summed E-state index contributed by atoms with van der Waals surface area (Å²) in [5.74, 6) is -1.03. The van der Waals surface area contributed by atoms with E-state index in [1.165, 1.54) is 0 Å². The van der Waals surface area contributed by atoms with Gasteiger partial charge < -0.3 is 9.29 Å². The van der Waals surface area contributed by atoms with E-state index in [4.69, 9.17) is 0 Å². The van der Waals surface area contributed by atoms with E-state index in [1.807, 2.05) is 0 Å². The molecule has 0 saturated carbocycles. The van der Waals surface area contributed by atoms with E-state index >= 15 is 0 Å². The fraction of sp³-hybridized carbons (Fsp3) is 0.750. The van der Waals surface area contributed by atoms with Crippen LogP contribution in [0, 0.1) is 0 Å². The van der Waals surface area contributed by atoms with E-state index in [9.17, 15) is 17.8 Å². The molecule has 5 nitrogen and oxygen atoms in total. The first-order chi connectivity index (χ1) is 4.39. The molecule has 0 rings (SSSR count). The van der Waals surface area contributed by atoms with Gasteiger partial charge in [-0.2, -0.15) is 0 Å². The van der Waals surface area contributed by atoms with Crippen molar-refractivity contribution in [2.24, 2.45) is 0 Å². The van der Waals surface area contributed by atoms with Crippen molar-refractivity contribution in [3.63, 3.8) is 0 Å². The van der Waals surface area contributed by atoms with E-state index in [2.05, 4.69) is 4.74 Å². The van der Waals surface area contributed by atoms with Crippen molar-refractivity contribution in [2.75, 3.05) is 7.11 Å². The average Bonchev–Trinajstić information content (AvgIpc) is 1.83. The summed E-state index contributed by atoms with van der Waals surface area (Å²) in [6.07, 6.45) is 0. The predicted octanol–water partition coefficient (Wildman–Crippen LogP) is -3.90. The van der Waals surface area contributed by atoms with Gasteiger partial charge in [-0.3, -0.25) is 4.79 Å². The standard InChI is InChI=1S/C4H8O5S.Na/c1-3(4(5)9-2)10(6,7)8;/h3H,1-2H3,(H,6,7,8);/q;+1/p-1. The largest absolute Gasteiger partial charge is 1.00 e. The Labute approximate surface area is 87.2 Å². The summed E-state index contributed by atoms with van der Waals surface area (Å²) in [5.41, 5.74) is 0. The summed E-state index contributed by atoms with van der Waals surface area (Å²) in [7, 11) is -3.52. The van der Waals surface area contributed by atoms with Crippen molar-refractivity contribution in [1.29, 1.82) is 0 Å². The normalized spacial score (nSPS) is 13.0. The van der Waals surface area contributed by atoms with Gasteiger partial charge in [-0.05, 0) is 6.92 Å². The van der Waals surface area contributed by atoms with E-state index in [1.54, 1.807) is 0 Å². The zero-order chi connectivity index (χ0) is 8.36. The van der Waals surface area contributed by atoms with Gasteiger partial charge in [0.25, 0.3) is 0 Å². The maximum Gasteiger partial charge on any atom is 1.00 e. The molecular weight excluding hydrogens is 183 g/mol. The molecule has 0 aromatic carbocycles. The second kappa shape index (κ2) is 5.10. The smallest absolute Gasteiger partial charge is 0.747 e. The number of rotatable bonds is 2. The molecule has 0 spiro atoms. The molecule has 0 amide bonds. The summed E-state index contributed by atoms with van der Waals surface area (Å²) in [6, 6.07) is 0. The van der Waals surface area contributed by atoms with Crippen molar-refractivity contribution >= 4 is 16.1 Å². The van der Waals surface area contributed by atoms with Crippen LogP contribution < -0.4 is 29.6 Å². The Morgan fingerprint density at radius 3 is 2.00 bits per heavy atom. The Bertz CT molecular complexity index is 221. The van der Waals surface area contributed by atoms with Crippen molar-refractivity contribution < 1.29 is 52.1 Å². The van der Waals surface area contributed by atoms with Crippen LogP contribution in [0.4, 0.5) is 0 Å². The molecule has 0 heterocycles. The van der Waals surface area contributed by atoms with Gasteiger partial charge in [0.1, 0.15) is 15.4 Å². The number of hydrogen-bond donors (Lipinski definition) is 0. The second-order valence-electron chi connectivity index (χ2n) is 1.66. The van der Waals surface area contributed by atoms with Crippen LogP contribution >= 0.6 is 0 Å². The molecule has 0 fully saturated rings. The van der Waals surface area contributed by atoms with Gasteiger partial charge >= 0.3 is 35.5 Å². The molecule has 0 aliphatic heterocycles. The molecule has 1 unspecified atom stereocenters. The molecule has 60 valence electrons. The van der Waals surface area contributed by atoms with Gasteiger partial charge in [0.15, 0.2) is 0 Å². The molecule has 0 aliphatic rings. The maximum atomic E-state index is 10.4. The second-order valence-corrected chi connectivity index (χ2v) is 3.35. The molecule has 1 atom stereocenters. The molecule has 0 saturated heterocycles. The van der Waals surface area contributed by atoms with Crippen LogP contribution in [0.5, 0.6) is 0 Å². The molecule has 11 heavy (non-hydrogen) atoms. The van der Waals surface area contributed by atoms with Crippen LogP contribution in [0.15, 0.2) is 0 Å². The predicted molar refractivity (Wildman–Crippen MR) is 31.2 cm³/mol. The van der Waals surface area contributed by atoms with Crippen LogP contribution in [-0.2, 0) is 19.6 Å². The first-order valence-electron chi connectivity index (χ1n) is 2.42. The van der Waals surface area contributed by atoms with Crippen molar-refractivity contribution in [2.45, 2.75) is 12.2 Å². The Morgan fingerprint density at radius 2 is 1.91 bits per heavy atom. The molecule has 7 heteroatoms. The topological polar surface area (TPSA) is 83.5 Å². The van der Waals surface area contributed by atoms with Crippen LogP contribution in [0.25, 0.3) is 0 Å². The maximum absolute atomic E-state index is 10.4. The molecule has 0 N–H and O–H groups in total. The number of methoxy groups -OCH3 is 1. The summed E-state index contributed by atoms with van der Waals surface area (Å²) in [4.78, 5) is 10.4.